The molecule has 0 unspecified atom stereocenters. The van der Waals surface area contributed by atoms with Crippen LogP contribution in [0.3, 0.4) is 0 Å². The molecule has 0 bridgehead atoms. The molecule has 0 aromatic heterocycles. The predicted molar refractivity (Wildman–Crippen MR) is 80.5 cm³/mol. The summed E-state index contributed by atoms with van der Waals surface area (Å²) in [4.78, 5) is 33.4. The van der Waals surface area contributed by atoms with E-state index in [1.165, 1.54) is 0 Å². The molecule has 0 saturated heterocycles. The number of hydrogen-bond acceptors (Lipinski definition) is 3. The zero-order valence-corrected chi connectivity index (χ0v) is 12.4. The number of carboxylic acids is 1. The van der Waals surface area contributed by atoms with Crippen LogP contribution in [0.25, 0.3) is 0 Å². The Morgan fingerprint density at radius 2 is 1.86 bits per heavy atom. The van der Waals surface area contributed by atoms with Gasteiger partial charge in [0, 0.05) is 24.9 Å². The fourth-order valence-electron chi connectivity index (χ4n) is 1.56. The Hall–Kier alpha value is -2.08. The standard InChI is InChI=1S/C14H17ClN2O4/c1-2-12(18)16-9-6-7-10(15)11(8-9)17-13(19)4-3-5-14(20)21/h6-8H,2-5H2,1H3,(H,16,18)(H,17,19)(H,20,21). The van der Waals surface area contributed by atoms with Crippen LogP contribution >= 0.6 is 11.6 Å². The number of amides is 2. The van der Waals surface area contributed by atoms with Crippen molar-refractivity contribution in [2.45, 2.75) is 32.6 Å². The van der Waals surface area contributed by atoms with Gasteiger partial charge in [-0.1, -0.05) is 18.5 Å². The van der Waals surface area contributed by atoms with E-state index in [0.29, 0.717) is 22.8 Å². The predicted octanol–water partition coefficient (Wildman–Crippen LogP) is 2.88. The van der Waals surface area contributed by atoms with E-state index in [4.69, 9.17) is 16.7 Å². The highest BCUT2D eigenvalue weighted by Gasteiger charge is 2.09. The third kappa shape index (κ3) is 6.27. The van der Waals surface area contributed by atoms with Gasteiger partial charge in [0.25, 0.3) is 0 Å². The number of halogens is 1. The van der Waals surface area contributed by atoms with E-state index < -0.39 is 5.97 Å². The van der Waals surface area contributed by atoms with Crippen molar-refractivity contribution in [1.29, 1.82) is 0 Å². The molecule has 1 aromatic carbocycles. The number of carbonyl (C=O) groups excluding carboxylic acids is 2. The van der Waals surface area contributed by atoms with Crippen LogP contribution in [-0.4, -0.2) is 22.9 Å². The lowest BCUT2D eigenvalue weighted by molar-refractivity contribution is -0.137. The van der Waals surface area contributed by atoms with Crippen LogP contribution in [0.2, 0.25) is 5.02 Å². The first-order valence-corrected chi connectivity index (χ1v) is 6.91. The molecule has 0 heterocycles. The van der Waals surface area contributed by atoms with Gasteiger partial charge in [0.05, 0.1) is 10.7 Å². The number of anilines is 2. The summed E-state index contributed by atoms with van der Waals surface area (Å²) >= 11 is 5.97. The molecule has 1 rings (SSSR count). The molecule has 0 spiro atoms. The minimum atomic E-state index is -0.940. The highest BCUT2D eigenvalue weighted by molar-refractivity contribution is 6.33. The van der Waals surface area contributed by atoms with Crippen LogP contribution in [0, 0.1) is 0 Å². The smallest absolute Gasteiger partial charge is 0.303 e. The molecule has 2 amide bonds. The average molecular weight is 313 g/mol. The minimum Gasteiger partial charge on any atom is -0.481 e. The lowest BCUT2D eigenvalue weighted by atomic mass is 10.2. The molecule has 7 heteroatoms. The summed E-state index contributed by atoms with van der Waals surface area (Å²) in [7, 11) is 0. The Kier molecular flexibility index (Phi) is 6.68. The summed E-state index contributed by atoms with van der Waals surface area (Å²) in [6, 6.07) is 4.76. The lowest BCUT2D eigenvalue weighted by Gasteiger charge is -2.10. The maximum Gasteiger partial charge on any atom is 0.303 e. The van der Waals surface area contributed by atoms with Gasteiger partial charge < -0.3 is 15.7 Å². The van der Waals surface area contributed by atoms with E-state index in [1.807, 2.05) is 0 Å². The maximum absolute atomic E-state index is 11.7. The molecule has 0 saturated carbocycles. The zero-order valence-electron chi connectivity index (χ0n) is 11.6. The third-order valence-electron chi connectivity index (χ3n) is 2.64. The van der Waals surface area contributed by atoms with Crippen LogP contribution in [0.4, 0.5) is 11.4 Å². The summed E-state index contributed by atoms with van der Waals surface area (Å²) < 4.78 is 0. The van der Waals surface area contributed by atoms with E-state index in [0.717, 1.165) is 0 Å². The molecule has 0 aliphatic rings. The summed E-state index contributed by atoms with van der Waals surface area (Å²) in [6.45, 7) is 1.73. The monoisotopic (exact) mass is 312 g/mol. The number of rotatable bonds is 7. The van der Waals surface area contributed by atoms with Crippen LogP contribution in [0.1, 0.15) is 32.6 Å². The van der Waals surface area contributed by atoms with Crippen molar-refractivity contribution in [2.24, 2.45) is 0 Å². The van der Waals surface area contributed by atoms with Crippen molar-refractivity contribution < 1.29 is 19.5 Å². The number of benzene rings is 1. The van der Waals surface area contributed by atoms with Gasteiger partial charge in [0.1, 0.15) is 0 Å². The molecule has 3 N–H and O–H groups in total. The van der Waals surface area contributed by atoms with Crippen molar-refractivity contribution in [3.05, 3.63) is 23.2 Å². The number of aliphatic carboxylic acids is 1. The first kappa shape index (κ1) is 17.0. The molecule has 0 radical (unpaired) electrons. The highest BCUT2D eigenvalue weighted by atomic mass is 35.5. The molecule has 0 aliphatic carbocycles. The number of hydrogen-bond donors (Lipinski definition) is 3. The van der Waals surface area contributed by atoms with Crippen LogP contribution < -0.4 is 10.6 Å². The van der Waals surface area contributed by atoms with Crippen molar-refractivity contribution in [3.8, 4) is 0 Å². The second kappa shape index (κ2) is 8.26. The number of carboxylic acid groups (broad SMARTS) is 1. The largest absolute Gasteiger partial charge is 0.481 e. The topological polar surface area (TPSA) is 95.5 Å². The second-order valence-corrected chi connectivity index (χ2v) is 4.80. The van der Waals surface area contributed by atoms with Gasteiger partial charge in [-0.15, -0.1) is 0 Å². The lowest BCUT2D eigenvalue weighted by Crippen LogP contribution is -2.13. The van der Waals surface area contributed by atoms with Crippen molar-refractivity contribution in [1.82, 2.24) is 0 Å². The molecule has 114 valence electrons. The normalized spacial score (nSPS) is 10.0. The Labute approximate surface area is 127 Å². The first-order chi connectivity index (χ1) is 9.92. The van der Waals surface area contributed by atoms with Crippen molar-refractivity contribution in [3.63, 3.8) is 0 Å². The summed E-state index contributed by atoms with van der Waals surface area (Å²) in [6.07, 6.45) is 0.631. The molecule has 0 atom stereocenters. The van der Waals surface area contributed by atoms with Gasteiger partial charge in [0.2, 0.25) is 11.8 Å². The average Bonchev–Trinajstić information content (AvgIpc) is 2.42. The quantitative estimate of drug-likeness (QED) is 0.721. The maximum atomic E-state index is 11.7. The van der Waals surface area contributed by atoms with Crippen LogP contribution in [-0.2, 0) is 14.4 Å². The summed E-state index contributed by atoms with van der Waals surface area (Å²) in [5.74, 6) is -1.40. The van der Waals surface area contributed by atoms with E-state index in [-0.39, 0.29) is 31.1 Å². The fraction of sp³-hybridized carbons (Fsp3) is 0.357. The van der Waals surface area contributed by atoms with E-state index >= 15 is 0 Å². The van der Waals surface area contributed by atoms with E-state index in [2.05, 4.69) is 10.6 Å². The second-order valence-electron chi connectivity index (χ2n) is 4.39. The van der Waals surface area contributed by atoms with Gasteiger partial charge in [-0.3, -0.25) is 14.4 Å². The van der Waals surface area contributed by atoms with Gasteiger partial charge in [-0.05, 0) is 24.6 Å². The summed E-state index contributed by atoms with van der Waals surface area (Å²) in [5.41, 5.74) is 0.915. The van der Waals surface area contributed by atoms with E-state index in [9.17, 15) is 14.4 Å². The molecule has 1 aromatic rings. The first-order valence-electron chi connectivity index (χ1n) is 6.53. The summed E-state index contributed by atoms with van der Waals surface area (Å²) in [5, 5.41) is 14.1. The van der Waals surface area contributed by atoms with E-state index in [1.54, 1.807) is 25.1 Å². The number of nitrogens with one attached hydrogen (secondary N) is 2. The Bertz CT molecular complexity index is 546. The van der Waals surface area contributed by atoms with Gasteiger partial charge in [-0.25, -0.2) is 0 Å². The van der Waals surface area contributed by atoms with Gasteiger partial charge >= 0.3 is 5.97 Å². The van der Waals surface area contributed by atoms with Gasteiger partial charge in [-0.2, -0.15) is 0 Å². The minimum absolute atomic E-state index is 0.0618. The number of carbonyl (C=O) groups is 3. The third-order valence-corrected chi connectivity index (χ3v) is 2.97. The SMILES string of the molecule is CCC(=O)Nc1ccc(Cl)c(NC(=O)CCCC(=O)O)c1. The Morgan fingerprint density at radius 1 is 1.14 bits per heavy atom. The highest BCUT2D eigenvalue weighted by Crippen LogP contribution is 2.26. The molecule has 21 heavy (non-hydrogen) atoms. The van der Waals surface area contributed by atoms with Gasteiger partial charge in [0.15, 0.2) is 0 Å². The molecular formula is C14H17ClN2O4. The van der Waals surface area contributed by atoms with Crippen molar-refractivity contribution in [2.75, 3.05) is 10.6 Å². The zero-order chi connectivity index (χ0) is 15.8. The fourth-order valence-corrected chi connectivity index (χ4v) is 1.73. The molecule has 0 fully saturated rings. The Morgan fingerprint density at radius 3 is 2.48 bits per heavy atom. The van der Waals surface area contributed by atoms with Crippen molar-refractivity contribution >= 4 is 40.8 Å². The van der Waals surface area contributed by atoms with Crippen LogP contribution in [0.15, 0.2) is 18.2 Å². The van der Waals surface area contributed by atoms with Crippen LogP contribution in [0.5, 0.6) is 0 Å². The Balaban J connectivity index is 2.64. The molecule has 6 nitrogen and oxygen atoms in total. The molecule has 0 aliphatic heterocycles. The molecular weight excluding hydrogens is 296 g/mol.